The summed E-state index contributed by atoms with van der Waals surface area (Å²) in [4.78, 5) is 38.4. The number of hydrogen-bond donors (Lipinski definition) is 2. The Hall–Kier alpha value is -2.64. The van der Waals surface area contributed by atoms with E-state index in [0.29, 0.717) is 38.2 Å². The quantitative estimate of drug-likeness (QED) is 0.770. The summed E-state index contributed by atoms with van der Waals surface area (Å²) in [5, 5.41) is 5.44. The molecule has 0 aliphatic carbocycles. The molecule has 3 amide bonds. The molecule has 1 saturated heterocycles. The van der Waals surface area contributed by atoms with Crippen molar-refractivity contribution < 1.29 is 23.5 Å². The van der Waals surface area contributed by atoms with Crippen LogP contribution in [0.3, 0.4) is 0 Å². The van der Waals surface area contributed by atoms with E-state index in [1.165, 1.54) is 32.0 Å². The van der Waals surface area contributed by atoms with Gasteiger partial charge in [0.25, 0.3) is 0 Å². The second-order valence-electron chi connectivity index (χ2n) is 7.02. The Kier molecular flexibility index (Phi) is 6.76. The fraction of sp³-hybridized carbons (Fsp3) is 0.526. The summed E-state index contributed by atoms with van der Waals surface area (Å²) in [5.41, 5.74) is -1.03. The van der Waals surface area contributed by atoms with Gasteiger partial charge in [-0.3, -0.25) is 9.59 Å². The van der Waals surface area contributed by atoms with E-state index in [0.717, 1.165) is 0 Å². The summed E-state index contributed by atoms with van der Waals surface area (Å²) in [7, 11) is 0. The Balaban J connectivity index is 1.88. The van der Waals surface area contributed by atoms with Gasteiger partial charge in [-0.25, -0.2) is 9.18 Å². The number of anilines is 1. The first kappa shape index (κ1) is 20.7. The molecule has 27 heavy (non-hydrogen) atoms. The van der Waals surface area contributed by atoms with Crippen LogP contribution in [0.1, 0.15) is 33.6 Å². The van der Waals surface area contributed by atoms with E-state index in [2.05, 4.69) is 10.6 Å². The highest BCUT2D eigenvalue weighted by Crippen LogP contribution is 2.21. The molecule has 1 aliphatic rings. The lowest BCUT2D eigenvalue weighted by atomic mass is 9.90. The van der Waals surface area contributed by atoms with Crippen molar-refractivity contribution in [3.63, 3.8) is 0 Å². The van der Waals surface area contributed by atoms with Gasteiger partial charge in [-0.2, -0.15) is 0 Å². The lowest BCUT2D eigenvalue weighted by Crippen LogP contribution is -2.52. The van der Waals surface area contributed by atoms with Crippen LogP contribution < -0.4 is 10.6 Å². The zero-order chi connectivity index (χ0) is 20.0. The number of carbonyl (C=O) groups excluding carboxylic acids is 3. The van der Waals surface area contributed by atoms with Crippen LogP contribution in [0.2, 0.25) is 0 Å². The topological polar surface area (TPSA) is 87.7 Å². The van der Waals surface area contributed by atoms with E-state index in [1.54, 1.807) is 17.9 Å². The number of amides is 3. The van der Waals surface area contributed by atoms with Gasteiger partial charge in [-0.1, -0.05) is 6.07 Å². The van der Waals surface area contributed by atoms with E-state index < -0.39 is 23.0 Å². The number of benzene rings is 1. The van der Waals surface area contributed by atoms with Crippen molar-refractivity contribution in [2.75, 3.05) is 25.0 Å². The molecule has 0 aromatic heterocycles. The number of hydrogen-bond acceptors (Lipinski definition) is 4. The Morgan fingerprint density at radius 2 is 1.89 bits per heavy atom. The van der Waals surface area contributed by atoms with Crippen molar-refractivity contribution in [3.05, 3.63) is 30.1 Å². The van der Waals surface area contributed by atoms with Crippen molar-refractivity contribution in [3.8, 4) is 0 Å². The minimum Gasteiger partial charge on any atom is -0.450 e. The third-order valence-electron chi connectivity index (χ3n) is 4.57. The van der Waals surface area contributed by atoms with E-state index in [-0.39, 0.29) is 12.1 Å². The highest BCUT2D eigenvalue weighted by molar-refractivity contribution is 6.09. The summed E-state index contributed by atoms with van der Waals surface area (Å²) in [6, 6.07) is 5.38. The zero-order valence-electron chi connectivity index (χ0n) is 15.9. The molecular weight excluding hydrogens is 353 g/mol. The maximum Gasteiger partial charge on any atom is 0.409 e. The third kappa shape index (κ3) is 5.42. The molecule has 1 fully saturated rings. The van der Waals surface area contributed by atoms with Gasteiger partial charge < -0.3 is 20.3 Å². The summed E-state index contributed by atoms with van der Waals surface area (Å²) in [6.07, 6.45) is 0.829. The minimum atomic E-state index is -1.33. The average molecular weight is 379 g/mol. The van der Waals surface area contributed by atoms with Crippen LogP contribution in [-0.2, 0) is 14.3 Å². The molecule has 2 rings (SSSR count). The van der Waals surface area contributed by atoms with E-state index in [4.69, 9.17) is 4.74 Å². The van der Waals surface area contributed by atoms with Crippen molar-refractivity contribution in [2.24, 2.45) is 5.41 Å². The minimum absolute atomic E-state index is 0.121. The highest BCUT2D eigenvalue weighted by Gasteiger charge is 2.37. The summed E-state index contributed by atoms with van der Waals surface area (Å²) >= 11 is 0. The largest absolute Gasteiger partial charge is 0.450 e. The Morgan fingerprint density at radius 1 is 1.22 bits per heavy atom. The fourth-order valence-electron chi connectivity index (χ4n) is 2.74. The molecule has 0 atom stereocenters. The monoisotopic (exact) mass is 379 g/mol. The second kappa shape index (κ2) is 8.83. The first-order valence-electron chi connectivity index (χ1n) is 9.03. The molecule has 2 N–H and O–H groups in total. The van der Waals surface area contributed by atoms with E-state index >= 15 is 0 Å². The normalized spacial score (nSPS) is 15.2. The molecule has 1 aromatic carbocycles. The lowest BCUT2D eigenvalue weighted by Gasteiger charge is -2.33. The molecule has 1 heterocycles. The van der Waals surface area contributed by atoms with Crippen molar-refractivity contribution in [2.45, 2.75) is 39.7 Å². The average Bonchev–Trinajstić information content (AvgIpc) is 2.62. The second-order valence-corrected chi connectivity index (χ2v) is 7.02. The number of nitrogens with one attached hydrogen (secondary N) is 2. The Morgan fingerprint density at radius 3 is 2.48 bits per heavy atom. The van der Waals surface area contributed by atoms with Gasteiger partial charge in [-0.15, -0.1) is 0 Å². The molecular formula is C19H26FN3O4. The standard InChI is InChI=1S/C19H26FN3O4/c1-4-27-18(26)23-10-8-14(9-11-23)21-16(24)19(2,3)17(25)22-15-7-5-6-13(20)12-15/h5-7,12,14H,4,8-11H2,1-3H3,(H,21,24)(H,22,25). The molecule has 1 aromatic rings. The Labute approximate surface area is 158 Å². The van der Waals surface area contributed by atoms with Gasteiger partial charge in [0.05, 0.1) is 6.61 Å². The first-order chi connectivity index (χ1) is 12.7. The van der Waals surface area contributed by atoms with Crippen LogP contribution in [0.5, 0.6) is 0 Å². The maximum atomic E-state index is 13.3. The number of halogens is 1. The number of ether oxygens (including phenoxy) is 1. The van der Waals surface area contributed by atoms with Gasteiger partial charge in [0.15, 0.2) is 0 Å². The van der Waals surface area contributed by atoms with E-state index in [9.17, 15) is 18.8 Å². The van der Waals surface area contributed by atoms with E-state index in [1.807, 2.05) is 0 Å². The number of carbonyl (C=O) groups is 3. The highest BCUT2D eigenvalue weighted by atomic mass is 19.1. The molecule has 0 unspecified atom stereocenters. The number of likely N-dealkylation sites (tertiary alicyclic amines) is 1. The molecule has 8 heteroatoms. The van der Waals surface area contributed by atoms with Crippen LogP contribution in [0.25, 0.3) is 0 Å². The lowest BCUT2D eigenvalue weighted by molar-refractivity contribution is -0.139. The van der Waals surface area contributed by atoms with Crippen LogP contribution in [0.15, 0.2) is 24.3 Å². The number of rotatable bonds is 5. The van der Waals surface area contributed by atoms with Crippen LogP contribution in [0, 0.1) is 11.2 Å². The van der Waals surface area contributed by atoms with Gasteiger partial charge in [-0.05, 0) is 51.8 Å². The number of piperidine rings is 1. The number of nitrogens with zero attached hydrogens (tertiary/aromatic N) is 1. The van der Waals surface area contributed by atoms with Crippen LogP contribution >= 0.6 is 0 Å². The molecule has 0 spiro atoms. The van der Waals surface area contributed by atoms with Crippen molar-refractivity contribution >= 4 is 23.6 Å². The molecule has 7 nitrogen and oxygen atoms in total. The third-order valence-corrected chi connectivity index (χ3v) is 4.57. The van der Waals surface area contributed by atoms with Gasteiger partial charge in [0.1, 0.15) is 11.2 Å². The smallest absolute Gasteiger partial charge is 0.409 e. The van der Waals surface area contributed by atoms with Crippen molar-refractivity contribution in [1.29, 1.82) is 0 Å². The molecule has 0 bridgehead atoms. The van der Waals surface area contributed by atoms with Gasteiger partial charge in [0, 0.05) is 24.8 Å². The van der Waals surface area contributed by atoms with Crippen molar-refractivity contribution in [1.82, 2.24) is 10.2 Å². The maximum absolute atomic E-state index is 13.3. The molecule has 0 saturated carbocycles. The summed E-state index contributed by atoms with van der Waals surface area (Å²) in [5.74, 6) is -1.40. The molecule has 148 valence electrons. The van der Waals surface area contributed by atoms with Gasteiger partial charge in [0.2, 0.25) is 11.8 Å². The molecule has 1 aliphatic heterocycles. The SMILES string of the molecule is CCOC(=O)N1CCC(NC(=O)C(C)(C)C(=O)Nc2cccc(F)c2)CC1. The van der Waals surface area contributed by atoms with Crippen LogP contribution in [0.4, 0.5) is 14.9 Å². The predicted molar refractivity (Wildman–Crippen MR) is 98.6 cm³/mol. The molecule has 0 radical (unpaired) electrons. The summed E-state index contributed by atoms with van der Waals surface area (Å²) < 4.78 is 18.2. The van der Waals surface area contributed by atoms with Crippen LogP contribution in [-0.4, -0.2) is 48.5 Å². The predicted octanol–water partition coefficient (Wildman–Crippen LogP) is 2.53. The summed E-state index contributed by atoms with van der Waals surface area (Å²) in [6.45, 7) is 6.08. The fourth-order valence-corrected chi connectivity index (χ4v) is 2.74. The first-order valence-corrected chi connectivity index (χ1v) is 9.03. The zero-order valence-corrected chi connectivity index (χ0v) is 15.9. The van der Waals surface area contributed by atoms with Gasteiger partial charge >= 0.3 is 6.09 Å². The Bertz CT molecular complexity index is 700.